The van der Waals surface area contributed by atoms with Crippen molar-refractivity contribution in [3.63, 3.8) is 0 Å². The molecule has 0 aliphatic carbocycles. The monoisotopic (exact) mass is 325 g/mol. The lowest BCUT2D eigenvalue weighted by Crippen LogP contribution is -2.56. The van der Waals surface area contributed by atoms with Crippen LogP contribution >= 0.6 is 12.4 Å². The van der Waals surface area contributed by atoms with Crippen molar-refractivity contribution in [3.8, 4) is 0 Å². The summed E-state index contributed by atoms with van der Waals surface area (Å²) >= 11 is 0. The molecule has 2 saturated heterocycles. The average Bonchev–Trinajstić information content (AvgIpc) is 2.54. The zero-order valence-corrected chi connectivity index (χ0v) is 13.8. The number of amides is 1. The third-order valence-corrected chi connectivity index (χ3v) is 4.67. The number of nitrogens with zero attached hydrogens (tertiary/aromatic N) is 1. The summed E-state index contributed by atoms with van der Waals surface area (Å²) in [7, 11) is -3.40. The molecule has 2 aliphatic heterocycles. The van der Waals surface area contributed by atoms with Crippen LogP contribution < -0.4 is 10.0 Å². The molecule has 6 nitrogen and oxygen atoms in total. The molecule has 0 aromatic rings. The van der Waals surface area contributed by atoms with Gasteiger partial charge in [-0.2, -0.15) is 0 Å². The first-order chi connectivity index (χ1) is 8.67. The van der Waals surface area contributed by atoms with E-state index in [9.17, 15) is 13.2 Å². The number of likely N-dealkylation sites (tertiary alicyclic amines) is 1. The first-order valence-electron chi connectivity index (χ1n) is 6.72. The zero-order valence-electron chi connectivity index (χ0n) is 12.2. The lowest BCUT2D eigenvalue weighted by molar-refractivity contribution is -0.136. The molecule has 2 bridgehead atoms. The van der Waals surface area contributed by atoms with Gasteiger partial charge in [-0.05, 0) is 33.1 Å². The van der Waals surface area contributed by atoms with Crippen LogP contribution in [0, 0.1) is 0 Å². The minimum Gasteiger partial charge on any atom is -0.339 e. The van der Waals surface area contributed by atoms with Gasteiger partial charge in [-0.15, -0.1) is 12.4 Å². The van der Waals surface area contributed by atoms with E-state index in [0.29, 0.717) is 25.2 Å². The van der Waals surface area contributed by atoms with Gasteiger partial charge < -0.3 is 10.2 Å². The first-order valence-corrected chi connectivity index (χ1v) is 8.61. The molecule has 2 unspecified atom stereocenters. The SMILES string of the molecule is CC(C)(NS(C)(=O)=O)C(=O)N1CCC2CCC(C1)N2.Cl. The Bertz CT molecular complexity index is 467. The van der Waals surface area contributed by atoms with Gasteiger partial charge in [0.1, 0.15) is 5.54 Å². The van der Waals surface area contributed by atoms with E-state index in [0.717, 1.165) is 19.1 Å². The molecule has 0 aromatic heterocycles. The van der Waals surface area contributed by atoms with E-state index in [-0.39, 0.29) is 18.3 Å². The van der Waals surface area contributed by atoms with Crippen LogP contribution in [0.3, 0.4) is 0 Å². The number of rotatable bonds is 3. The maximum atomic E-state index is 12.5. The van der Waals surface area contributed by atoms with Crippen LogP contribution in [0.1, 0.15) is 33.1 Å². The molecule has 0 saturated carbocycles. The zero-order chi connectivity index (χ0) is 14.3. The largest absolute Gasteiger partial charge is 0.339 e. The normalized spacial score (nSPS) is 26.9. The minimum absolute atomic E-state index is 0. The van der Waals surface area contributed by atoms with Crippen molar-refractivity contribution in [2.75, 3.05) is 19.3 Å². The van der Waals surface area contributed by atoms with Crippen molar-refractivity contribution in [1.82, 2.24) is 14.9 Å². The summed E-state index contributed by atoms with van der Waals surface area (Å²) in [6.45, 7) is 4.60. The van der Waals surface area contributed by atoms with Crippen LogP contribution in [0.5, 0.6) is 0 Å². The Morgan fingerprint density at radius 2 is 1.85 bits per heavy atom. The highest BCUT2D eigenvalue weighted by molar-refractivity contribution is 7.88. The van der Waals surface area contributed by atoms with E-state index >= 15 is 0 Å². The van der Waals surface area contributed by atoms with Crippen molar-refractivity contribution in [2.45, 2.75) is 50.7 Å². The van der Waals surface area contributed by atoms with Gasteiger partial charge in [-0.25, -0.2) is 13.1 Å². The summed E-state index contributed by atoms with van der Waals surface area (Å²) in [6.07, 6.45) is 4.29. The molecule has 2 N–H and O–H groups in total. The second kappa shape index (κ2) is 6.17. The second-order valence-electron chi connectivity index (χ2n) is 6.18. The standard InChI is InChI=1S/C12H23N3O3S.ClH/c1-12(2,14-19(3,17)18)11(16)15-7-6-9-4-5-10(8-15)13-9;/h9-10,13-14H,4-8H2,1-3H3;1H. The van der Waals surface area contributed by atoms with Crippen molar-refractivity contribution < 1.29 is 13.2 Å². The van der Waals surface area contributed by atoms with Crippen LogP contribution in [-0.2, 0) is 14.8 Å². The van der Waals surface area contributed by atoms with E-state index in [1.54, 1.807) is 18.7 Å². The van der Waals surface area contributed by atoms with Gasteiger partial charge >= 0.3 is 0 Å². The minimum atomic E-state index is -3.40. The number of hydrogen-bond acceptors (Lipinski definition) is 4. The number of nitrogens with one attached hydrogen (secondary N) is 2. The molecule has 1 amide bonds. The number of sulfonamides is 1. The summed E-state index contributed by atoms with van der Waals surface area (Å²) in [5, 5.41) is 3.50. The van der Waals surface area contributed by atoms with E-state index in [1.807, 2.05) is 0 Å². The Kier molecular flexibility index (Phi) is 5.46. The maximum Gasteiger partial charge on any atom is 0.243 e. The lowest BCUT2D eigenvalue weighted by atomic mass is 10.0. The molecule has 0 radical (unpaired) electrons. The molecule has 8 heteroatoms. The fraction of sp³-hybridized carbons (Fsp3) is 0.917. The molecular weight excluding hydrogens is 302 g/mol. The predicted octanol–water partition coefficient (Wildman–Crippen LogP) is 0.0889. The number of hydrogen-bond donors (Lipinski definition) is 2. The Morgan fingerprint density at radius 1 is 1.25 bits per heavy atom. The highest BCUT2D eigenvalue weighted by Gasteiger charge is 2.38. The molecule has 2 heterocycles. The third-order valence-electron chi connectivity index (χ3n) is 3.79. The third kappa shape index (κ3) is 4.31. The van der Waals surface area contributed by atoms with Gasteiger partial charge in [-0.1, -0.05) is 0 Å². The quantitative estimate of drug-likeness (QED) is 0.771. The Hall–Kier alpha value is -0.370. The van der Waals surface area contributed by atoms with Crippen LogP contribution in [0.4, 0.5) is 0 Å². The number of carbonyl (C=O) groups is 1. The highest BCUT2D eigenvalue weighted by Crippen LogP contribution is 2.22. The summed E-state index contributed by atoms with van der Waals surface area (Å²) in [6, 6.07) is 0.860. The molecule has 0 spiro atoms. The smallest absolute Gasteiger partial charge is 0.243 e. The predicted molar refractivity (Wildman–Crippen MR) is 80.4 cm³/mol. The van der Waals surface area contributed by atoms with Gasteiger partial charge in [0.25, 0.3) is 0 Å². The Labute approximate surface area is 127 Å². The summed E-state index contributed by atoms with van der Waals surface area (Å²) in [4.78, 5) is 14.3. The average molecular weight is 326 g/mol. The summed E-state index contributed by atoms with van der Waals surface area (Å²) < 4.78 is 25.1. The topological polar surface area (TPSA) is 78.5 Å². The van der Waals surface area contributed by atoms with Gasteiger partial charge in [0.15, 0.2) is 0 Å². The fourth-order valence-electron chi connectivity index (χ4n) is 3.03. The molecule has 118 valence electrons. The number of fused-ring (bicyclic) bond motifs is 2. The number of halogens is 1. The van der Waals surface area contributed by atoms with Gasteiger partial charge in [0.2, 0.25) is 15.9 Å². The van der Waals surface area contributed by atoms with Crippen LogP contribution in [0.2, 0.25) is 0 Å². The second-order valence-corrected chi connectivity index (χ2v) is 7.93. The lowest BCUT2D eigenvalue weighted by Gasteiger charge is -2.32. The number of carbonyl (C=O) groups excluding carboxylic acids is 1. The van der Waals surface area contributed by atoms with Gasteiger partial charge in [0, 0.05) is 25.2 Å². The molecule has 20 heavy (non-hydrogen) atoms. The highest BCUT2D eigenvalue weighted by atomic mass is 35.5. The van der Waals surface area contributed by atoms with Crippen molar-refractivity contribution in [2.24, 2.45) is 0 Å². The fourth-order valence-corrected chi connectivity index (χ4v) is 4.04. The first kappa shape index (κ1) is 17.7. The summed E-state index contributed by atoms with van der Waals surface area (Å²) in [5.74, 6) is -0.146. The van der Waals surface area contributed by atoms with E-state index in [4.69, 9.17) is 0 Å². The van der Waals surface area contributed by atoms with Crippen LogP contribution in [0.15, 0.2) is 0 Å². The molecule has 2 atom stereocenters. The van der Waals surface area contributed by atoms with Gasteiger partial charge in [-0.3, -0.25) is 4.79 Å². The molecule has 2 fully saturated rings. The molecule has 0 aromatic carbocycles. The Balaban J connectivity index is 0.00000200. The van der Waals surface area contributed by atoms with E-state index in [2.05, 4.69) is 10.0 Å². The van der Waals surface area contributed by atoms with Gasteiger partial charge in [0.05, 0.1) is 6.26 Å². The van der Waals surface area contributed by atoms with E-state index in [1.165, 1.54) is 6.42 Å². The van der Waals surface area contributed by atoms with E-state index < -0.39 is 15.6 Å². The molecule has 2 rings (SSSR count). The van der Waals surface area contributed by atoms with Crippen molar-refractivity contribution >= 4 is 28.3 Å². The molecule has 2 aliphatic rings. The van der Waals surface area contributed by atoms with Crippen molar-refractivity contribution in [1.29, 1.82) is 0 Å². The maximum absolute atomic E-state index is 12.5. The Morgan fingerprint density at radius 3 is 2.45 bits per heavy atom. The van der Waals surface area contributed by atoms with Crippen LogP contribution in [0.25, 0.3) is 0 Å². The van der Waals surface area contributed by atoms with Crippen LogP contribution in [-0.4, -0.2) is 56.2 Å². The summed E-state index contributed by atoms with van der Waals surface area (Å²) in [5.41, 5.74) is -1.09. The molecular formula is C12H24ClN3O3S. The van der Waals surface area contributed by atoms with Crippen molar-refractivity contribution in [3.05, 3.63) is 0 Å².